The Bertz CT molecular complexity index is 384. The van der Waals surface area contributed by atoms with Gasteiger partial charge in [0, 0.05) is 0 Å². The lowest BCUT2D eigenvalue weighted by molar-refractivity contribution is 0.104. The first-order chi connectivity index (χ1) is 7.04. The van der Waals surface area contributed by atoms with Crippen molar-refractivity contribution in [1.29, 1.82) is 0 Å². The van der Waals surface area contributed by atoms with E-state index in [4.69, 9.17) is 16.3 Å². The third-order valence-corrected chi connectivity index (χ3v) is 2.33. The molecule has 0 aromatic heterocycles. The fourth-order valence-electron chi connectivity index (χ4n) is 0.820. The van der Waals surface area contributed by atoms with Gasteiger partial charge in [-0.2, -0.15) is 0 Å². The molecule has 0 fully saturated rings. The molecule has 0 radical (unpaired) electrons. The maximum atomic E-state index is 12.9. The number of hydrogen-bond acceptors (Lipinski definition) is 3. The first-order valence-corrected chi connectivity index (χ1v) is 5.20. The molecule has 3 nitrogen and oxygen atoms in total. The van der Waals surface area contributed by atoms with Crippen molar-refractivity contribution in [2.24, 2.45) is 0 Å². The van der Waals surface area contributed by atoms with E-state index >= 15 is 0 Å². The van der Waals surface area contributed by atoms with Crippen molar-refractivity contribution in [2.45, 2.75) is 6.92 Å². The van der Waals surface area contributed by atoms with Gasteiger partial charge in [-0.15, -0.1) is 0 Å². The normalized spacial score (nSPS) is 9.87. The lowest BCUT2D eigenvalue weighted by Crippen LogP contribution is -2.10. The standard InChI is InChI=1S/C9H7BrClFO3/c1-2-14-9(13)15-8-3-5(10)7(12)4-6(8)11/h3-4H,2H2,1H3. The molecule has 6 heteroatoms. The van der Waals surface area contributed by atoms with E-state index in [-0.39, 0.29) is 21.9 Å². The molecular weight excluding hydrogens is 290 g/mol. The summed E-state index contributed by atoms with van der Waals surface area (Å²) in [6.45, 7) is 1.84. The zero-order valence-electron chi connectivity index (χ0n) is 7.72. The van der Waals surface area contributed by atoms with Crippen LogP contribution in [0.25, 0.3) is 0 Å². The van der Waals surface area contributed by atoms with E-state index in [0.717, 1.165) is 6.07 Å². The van der Waals surface area contributed by atoms with Crippen LogP contribution < -0.4 is 4.74 Å². The smallest absolute Gasteiger partial charge is 0.434 e. The van der Waals surface area contributed by atoms with Crippen LogP contribution in [0.3, 0.4) is 0 Å². The molecular formula is C9H7BrClFO3. The Balaban J connectivity index is 2.86. The molecule has 0 N–H and O–H groups in total. The van der Waals surface area contributed by atoms with Crippen LogP contribution in [0.5, 0.6) is 5.75 Å². The van der Waals surface area contributed by atoms with Gasteiger partial charge in [0.2, 0.25) is 0 Å². The summed E-state index contributed by atoms with van der Waals surface area (Å²) in [5, 5.41) is 0.00348. The summed E-state index contributed by atoms with van der Waals surface area (Å²) < 4.78 is 22.4. The van der Waals surface area contributed by atoms with Crippen molar-refractivity contribution in [3.63, 3.8) is 0 Å². The van der Waals surface area contributed by atoms with Gasteiger partial charge in [0.25, 0.3) is 0 Å². The minimum Gasteiger partial charge on any atom is -0.434 e. The lowest BCUT2D eigenvalue weighted by atomic mass is 10.3. The van der Waals surface area contributed by atoms with Gasteiger partial charge in [0.15, 0.2) is 5.75 Å². The second-order valence-electron chi connectivity index (χ2n) is 2.48. The molecule has 0 amide bonds. The number of hydrogen-bond donors (Lipinski definition) is 0. The second kappa shape index (κ2) is 5.32. The summed E-state index contributed by atoms with van der Waals surface area (Å²) in [5.41, 5.74) is 0. The van der Waals surface area contributed by atoms with Gasteiger partial charge in [0.1, 0.15) is 5.82 Å². The predicted molar refractivity (Wildman–Crippen MR) is 56.8 cm³/mol. The van der Waals surface area contributed by atoms with Crippen LogP contribution in [0.1, 0.15) is 6.92 Å². The van der Waals surface area contributed by atoms with Crippen molar-refractivity contribution in [3.05, 3.63) is 27.4 Å². The molecule has 0 aliphatic heterocycles. The second-order valence-corrected chi connectivity index (χ2v) is 3.74. The maximum absolute atomic E-state index is 12.9. The van der Waals surface area contributed by atoms with Crippen molar-refractivity contribution < 1.29 is 18.7 Å². The minimum atomic E-state index is -0.877. The highest BCUT2D eigenvalue weighted by Crippen LogP contribution is 2.30. The molecule has 0 bridgehead atoms. The van der Waals surface area contributed by atoms with E-state index < -0.39 is 12.0 Å². The van der Waals surface area contributed by atoms with Gasteiger partial charge in [-0.25, -0.2) is 9.18 Å². The summed E-state index contributed by atoms with van der Waals surface area (Å²) in [5.74, 6) is -0.486. The highest BCUT2D eigenvalue weighted by atomic mass is 79.9. The van der Waals surface area contributed by atoms with Gasteiger partial charge in [-0.05, 0) is 35.0 Å². The van der Waals surface area contributed by atoms with E-state index in [9.17, 15) is 9.18 Å². The number of rotatable bonds is 2. The Labute approximate surface area is 99.3 Å². The van der Waals surface area contributed by atoms with E-state index in [2.05, 4.69) is 20.7 Å². The molecule has 0 heterocycles. The monoisotopic (exact) mass is 296 g/mol. The minimum absolute atomic E-state index is 0.00348. The number of carbonyl (C=O) groups is 1. The van der Waals surface area contributed by atoms with Crippen LogP contribution >= 0.6 is 27.5 Å². The number of carbonyl (C=O) groups excluding carboxylic acids is 1. The first kappa shape index (κ1) is 12.3. The van der Waals surface area contributed by atoms with Crippen molar-refractivity contribution in [3.8, 4) is 5.75 Å². The zero-order chi connectivity index (χ0) is 11.4. The van der Waals surface area contributed by atoms with Crippen molar-refractivity contribution in [1.82, 2.24) is 0 Å². The maximum Gasteiger partial charge on any atom is 0.513 e. The molecule has 15 heavy (non-hydrogen) atoms. The third kappa shape index (κ3) is 3.35. The average Bonchev–Trinajstić information content (AvgIpc) is 2.14. The first-order valence-electron chi connectivity index (χ1n) is 4.03. The van der Waals surface area contributed by atoms with Crippen LogP contribution in [0.15, 0.2) is 16.6 Å². The van der Waals surface area contributed by atoms with Crippen LogP contribution in [-0.4, -0.2) is 12.8 Å². The van der Waals surface area contributed by atoms with Crippen molar-refractivity contribution >= 4 is 33.7 Å². The Morgan fingerprint density at radius 2 is 2.27 bits per heavy atom. The Kier molecular flexibility index (Phi) is 4.35. The molecule has 0 saturated heterocycles. The van der Waals surface area contributed by atoms with Gasteiger partial charge in [0.05, 0.1) is 16.1 Å². The number of benzene rings is 1. The van der Waals surface area contributed by atoms with Crippen LogP contribution in [0, 0.1) is 5.82 Å². The van der Waals surface area contributed by atoms with E-state index in [1.165, 1.54) is 6.07 Å². The predicted octanol–water partition coefficient (Wildman–Crippen LogP) is 3.78. The molecule has 1 aromatic carbocycles. The fraction of sp³-hybridized carbons (Fsp3) is 0.222. The van der Waals surface area contributed by atoms with E-state index in [1.807, 2.05) is 0 Å². The lowest BCUT2D eigenvalue weighted by Gasteiger charge is -2.06. The van der Waals surface area contributed by atoms with Gasteiger partial charge in [-0.1, -0.05) is 11.6 Å². The number of halogens is 3. The van der Waals surface area contributed by atoms with Gasteiger partial charge in [-0.3, -0.25) is 0 Å². The molecule has 0 unspecified atom stereocenters. The third-order valence-electron chi connectivity index (χ3n) is 1.43. The molecule has 0 aliphatic carbocycles. The largest absolute Gasteiger partial charge is 0.513 e. The molecule has 0 saturated carbocycles. The van der Waals surface area contributed by atoms with Gasteiger partial charge < -0.3 is 9.47 Å². The molecule has 1 rings (SSSR count). The van der Waals surface area contributed by atoms with Gasteiger partial charge >= 0.3 is 6.16 Å². The highest BCUT2D eigenvalue weighted by molar-refractivity contribution is 9.10. The number of ether oxygens (including phenoxy) is 2. The Morgan fingerprint density at radius 1 is 1.60 bits per heavy atom. The Hall–Kier alpha value is -0.810. The van der Waals surface area contributed by atoms with Crippen LogP contribution in [0.2, 0.25) is 5.02 Å². The molecule has 0 spiro atoms. The van der Waals surface area contributed by atoms with E-state index in [0.29, 0.717) is 0 Å². The topological polar surface area (TPSA) is 35.5 Å². The quantitative estimate of drug-likeness (QED) is 0.473. The molecule has 1 aromatic rings. The zero-order valence-corrected chi connectivity index (χ0v) is 10.1. The Morgan fingerprint density at radius 3 is 2.87 bits per heavy atom. The summed E-state index contributed by atoms with van der Waals surface area (Å²) in [6.07, 6.45) is -0.877. The summed E-state index contributed by atoms with van der Waals surface area (Å²) in [4.78, 5) is 10.9. The molecule has 82 valence electrons. The van der Waals surface area contributed by atoms with Crippen LogP contribution in [0.4, 0.5) is 9.18 Å². The summed E-state index contributed by atoms with van der Waals surface area (Å²) >= 11 is 8.60. The van der Waals surface area contributed by atoms with Crippen molar-refractivity contribution in [2.75, 3.05) is 6.61 Å². The molecule has 0 atom stereocenters. The average molecular weight is 298 g/mol. The summed E-state index contributed by atoms with van der Waals surface area (Å²) in [7, 11) is 0. The highest BCUT2D eigenvalue weighted by Gasteiger charge is 2.12. The van der Waals surface area contributed by atoms with Crippen LogP contribution in [-0.2, 0) is 4.74 Å². The SMILES string of the molecule is CCOC(=O)Oc1cc(Br)c(F)cc1Cl. The van der Waals surface area contributed by atoms with E-state index in [1.54, 1.807) is 6.92 Å². The fourth-order valence-corrected chi connectivity index (χ4v) is 1.33. The molecule has 0 aliphatic rings. The summed E-state index contributed by atoms with van der Waals surface area (Å²) in [6, 6.07) is 2.30.